The first kappa shape index (κ1) is 12.6. The molecule has 0 unspecified atom stereocenters. The Kier molecular flexibility index (Phi) is 5.22. The third-order valence-electron chi connectivity index (χ3n) is 2.29. The molecule has 1 aromatic carbocycles. The van der Waals surface area contributed by atoms with Crippen LogP contribution < -0.4 is 5.73 Å². The van der Waals surface area contributed by atoms with Gasteiger partial charge in [-0.05, 0) is 30.3 Å². The number of benzene rings is 1. The molecule has 0 aliphatic heterocycles. The minimum atomic E-state index is -0.197. The van der Waals surface area contributed by atoms with Crippen LogP contribution >= 0.6 is 15.9 Å². The fraction of sp³-hybridized carbons (Fsp3) is 0.455. The Morgan fingerprint density at radius 3 is 2.80 bits per heavy atom. The monoisotopic (exact) mass is 274 g/mol. The van der Waals surface area contributed by atoms with Gasteiger partial charge in [-0.15, -0.1) is 0 Å². The van der Waals surface area contributed by atoms with E-state index in [9.17, 15) is 4.39 Å². The molecule has 15 heavy (non-hydrogen) atoms. The average molecular weight is 275 g/mol. The van der Waals surface area contributed by atoms with Gasteiger partial charge in [-0.3, -0.25) is 4.90 Å². The normalized spacial score (nSPS) is 11.0. The smallest absolute Gasteiger partial charge is 0.123 e. The van der Waals surface area contributed by atoms with Crippen molar-refractivity contribution in [3.8, 4) is 0 Å². The predicted octanol–water partition coefficient (Wildman–Crippen LogP) is 2.37. The minimum Gasteiger partial charge on any atom is -0.329 e. The van der Waals surface area contributed by atoms with Gasteiger partial charge in [-0.2, -0.15) is 0 Å². The van der Waals surface area contributed by atoms with Crippen LogP contribution in [-0.2, 0) is 6.54 Å². The zero-order chi connectivity index (χ0) is 11.3. The summed E-state index contributed by atoms with van der Waals surface area (Å²) in [6.07, 6.45) is 0. The molecule has 0 fully saturated rings. The van der Waals surface area contributed by atoms with Crippen LogP contribution in [0.25, 0.3) is 0 Å². The molecule has 0 saturated carbocycles. The second-order valence-electron chi connectivity index (χ2n) is 3.39. The van der Waals surface area contributed by atoms with E-state index in [0.29, 0.717) is 6.54 Å². The molecule has 0 saturated heterocycles. The molecule has 2 nitrogen and oxygen atoms in total. The Bertz CT molecular complexity index is 317. The Hall–Kier alpha value is -0.450. The lowest BCUT2D eigenvalue weighted by Crippen LogP contribution is -2.29. The third kappa shape index (κ3) is 3.89. The highest BCUT2D eigenvalue weighted by atomic mass is 79.9. The molecule has 0 radical (unpaired) electrons. The molecule has 0 spiro atoms. The van der Waals surface area contributed by atoms with Gasteiger partial charge >= 0.3 is 0 Å². The maximum Gasteiger partial charge on any atom is 0.123 e. The van der Waals surface area contributed by atoms with Crippen LogP contribution in [-0.4, -0.2) is 24.5 Å². The first-order chi connectivity index (χ1) is 7.17. The van der Waals surface area contributed by atoms with E-state index in [0.717, 1.165) is 29.7 Å². The second kappa shape index (κ2) is 6.20. The van der Waals surface area contributed by atoms with Crippen molar-refractivity contribution in [2.45, 2.75) is 13.5 Å². The van der Waals surface area contributed by atoms with E-state index in [4.69, 9.17) is 5.73 Å². The molecule has 0 aliphatic rings. The van der Waals surface area contributed by atoms with Crippen LogP contribution in [0.15, 0.2) is 22.7 Å². The van der Waals surface area contributed by atoms with Gasteiger partial charge in [0.2, 0.25) is 0 Å². The zero-order valence-corrected chi connectivity index (χ0v) is 10.4. The summed E-state index contributed by atoms with van der Waals surface area (Å²) >= 11 is 3.41. The Morgan fingerprint density at radius 1 is 1.47 bits per heavy atom. The van der Waals surface area contributed by atoms with E-state index < -0.39 is 0 Å². The van der Waals surface area contributed by atoms with Crippen LogP contribution in [0.2, 0.25) is 0 Å². The summed E-state index contributed by atoms with van der Waals surface area (Å²) in [6, 6.07) is 4.75. The van der Waals surface area contributed by atoms with Crippen LogP contribution in [0.4, 0.5) is 4.39 Å². The van der Waals surface area contributed by atoms with Crippen LogP contribution in [0.1, 0.15) is 12.5 Å². The van der Waals surface area contributed by atoms with Crippen LogP contribution in [0, 0.1) is 5.82 Å². The van der Waals surface area contributed by atoms with Gasteiger partial charge in [0.15, 0.2) is 0 Å². The molecular formula is C11H16BrFN2. The molecule has 0 heterocycles. The molecule has 2 N–H and O–H groups in total. The molecule has 1 aromatic rings. The van der Waals surface area contributed by atoms with E-state index in [1.54, 1.807) is 12.1 Å². The summed E-state index contributed by atoms with van der Waals surface area (Å²) in [5.74, 6) is -0.197. The molecule has 0 amide bonds. The summed E-state index contributed by atoms with van der Waals surface area (Å²) in [5.41, 5.74) is 6.46. The molecule has 84 valence electrons. The first-order valence-electron chi connectivity index (χ1n) is 5.03. The SMILES string of the molecule is CCN(CCN)Cc1cc(F)ccc1Br. The summed E-state index contributed by atoms with van der Waals surface area (Å²) < 4.78 is 14.0. The Morgan fingerprint density at radius 2 is 2.20 bits per heavy atom. The first-order valence-corrected chi connectivity index (χ1v) is 5.83. The summed E-state index contributed by atoms with van der Waals surface area (Å²) in [4.78, 5) is 2.18. The van der Waals surface area contributed by atoms with E-state index in [2.05, 4.69) is 27.8 Å². The molecule has 0 bridgehead atoms. The zero-order valence-electron chi connectivity index (χ0n) is 8.84. The second-order valence-corrected chi connectivity index (χ2v) is 4.25. The number of nitrogens with zero attached hydrogens (tertiary/aromatic N) is 1. The van der Waals surface area contributed by atoms with Gasteiger partial charge in [0, 0.05) is 24.1 Å². The summed E-state index contributed by atoms with van der Waals surface area (Å²) in [6.45, 7) is 5.18. The maximum atomic E-state index is 13.0. The van der Waals surface area contributed by atoms with E-state index in [-0.39, 0.29) is 5.82 Å². The molecule has 1 rings (SSSR count). The van der Waals surface area contributed by atoms with Crippen molar-refractivity contribution in [2.75, 3.05) is 19.6 Å². The highest BCUT2D eigenvalue weighted by molar-refractivity contribution is 9.10. The van der Waals surface area contributed by atoms with Crippen molar-refractivity contribution in [1.29, 1.82) is 0 Å². The van der Waals surface area contributed by atoms with Crippen LogP contribution in [0.3, 0.4) is 0 Å². The van der Waals surface area contributed by atoms with Crippen molar-refractivity contribution < 1.29 is 4.39 Å². The number of halogens is 2. The molecule has 0 aromatic heterocycles. The number of rotatable bonds is 5. The van der Waals surface area contributed by atoms with Crippen molar-refractivity contribution in [3.63, 3.8) is 0 Å². The van der Waals surface area contributed by atoms with Gasteiger partial charge in [-0.1, -0.05) is 22.9 Å². The standard InChI is InChI=1S/C11H16BrFN2/c1-2-15(6-5-14)8-9-7-10(13)3-4-11(9)12/h3-4,7H,2,5-6,8,14H2,1H3. The van der Waals surface area contributed by atoms with Crippen molar-refractivity contribution in [2.24, 2.45) is 5.73 Å². The van der Waals surface area contributed by atoms with Crippen molar-refractivity contribution >= 4 is 15.9 Å². The lowest BCUT2D eigenvalue weighted by molar-refractivity contribution is 0.287. The van der Waals surface area contributed by atoms with E-state index in [1.165, 1.54) is 6.07 Å². The fourth-order valence-corrected chi connectivity index (χ4v) is 1.81. The topological polar surface area (TPSA) is 29.3 Å². The predicted molar refractivity (Wildman–Crippen MR) is 64.1 cm³/mol. The van der Waals surface area contributed by atoms with Gasteiger partial charge in [-0.25, -0.2) is 4.39 Å². The van der Waals surface area contributed by atoms with Gasteiger partial charge in [0.1, 0.15) is 5.82 Å². The van der Waals surface area contributed by atoms with Crippen LogP contribution in [0.5, 0.6) is 0 Å². The largest absolute Gasteiger partial charge is 0.329 e. The molecular weight excluding hydrogens is 259 g/mol. The summed E-state index contributed by atoms with van der Waals surface area (Å²) in [7, 11) is 0. The van der Waals surface area contributed by atoms with Crippen molar-refractivity contribution in [3.05, 3.63) is 34.1 Å². The fourth-order valence-electron chi connectivity index (χ4n) is 1.44. The van der Waals surface area contributed by atoms with Gasteiger partial charge < -0.3 is 5.73 Å². The lowest BCUT2D eigenvalue weighted by Gasteiger charge is -2.20. The number of hydrogen-bond acceptors (Lipinski definition) is 2. The number of nitrogens with two attached hydrogens (primary N) is 1. The van der Waals surface area contributed by atoms with Gasteiger partial charge in [0.25, 0.3) is 0 Å². The molecule has 0 aliphatic carbocycles. The molecule has 0 atom stereocenters. The average Bonchev–Trinajstić information content (AvgIpc) is 2.22. The summed E-state index contributed by atoms with van der Waals surface area (Å²) in [5, 5.41) is 0. The lowest BCUT2D eigenvalue weighted by atomic mass is 10.2. The highest BCUT2D eigenvalue weighted by Crippen LogP contribution is 2.19. The Balaban J connectivity index is 2.73. The maximum absolute atomic E-state index is 13.0. The van der Waals surface area contributed by atoms with E-state index in [1.807, 2.05) is 0 Å². The Labute approximate surface area is 98.4 Å². The minimum absolute atomic E-state index is 0.197. The number of likely N-dealkylation sites (N-methyl/N-ethyl adjacent to an activating group) is 1. The third-order valence-corrected chi connectivity index (χ3v) is 3.07. The quantitative estimate of drug-likeness (QED) is 0.894. The highest BCUT2D eigenvalue weighted by Gasteiger charge is 2.06. The molecule has 4 heteroatoms. The van der Waals surface area contributed by atoms with Gasteiger partial charge in [0.05, 0.1) is 0 Å². The van der Waals surface area contributed by atoms with Crippen molar-refractivity contribution in [1.82, 2.24) is 4.90 Å². The number of hydrogen-bond donors (Lipinski definition) is 1. The van der Waals surface area contributed by atoms with E-state index >= 15 is 0 Å².